The number of hydrogen-bond donors (Lipinski definition) is 2. The zero-order valence-electron chi connectivity index (χ0n) is 11.3. The molecule has 0 saturated heterocycles. The van der Waals surface area contributed by atoms with Crippen molar-refractivity contribution in [2.45, 2.75) is 26.3 Å². The van der Waals surface area contributed by atoms with Gasteiger partial charge in [-0.25, -0.2) is 9.97 Å². The first-order valence-electron chi connectivity index (χ1n) is 6.39. The fourth-order valence-corrected chi connectivity index (χ4v) is 1.95. The molecule has 6 heteroatoms. The lowest BCUT2D eigenvalue weighted by molar-refractivity contribution is 0.758. The number of nitrogens with one attached hydrogen (secondary N) is 2. The molecule has 0 aliphatic rings. The summed E-state index contributed by atoms with van der Waals surface area (Å²) in [6, 6.07) is 7.61. The average molecular weight is 311 g/mol. The predicted octanol–water partition coefficient (Wildman–Crippen LogP) is 4.74. The van der Waals surface area contributed by atoms with E-state index in [1.54, 1.807) is 6.07 Å². The lowest BCUT2D eigenvalue weighted by Gasteiger charge is -2.13. The fourth-order valence-electron chi connectivity index (χ4n) is 1.60. The van der Waals surface area contributed by atoms with Crippen LogP contribution in [-0.2, 0) is 0 Å². The van der Waals surface area contributed by atoms with E-state index < -0.39 is 0 Å². The number of hydrogen-bond acceptors (Lipinski definition) is 4. The monoisotopic (exact) mass is 310 g/mol. The molecule has 0 spiro atoms. The summed E-state index contributed by atoms with van der Waals surface area (Å²) in [6.07, 6.45) is 2.53. The van der Waals surface area contributed by atoms with Crippen LogP contribution < -0.4 is 10.6 Å². The van der Waals surface area contributed by atoms with Crippen molar-refractivity contribution in [3.05, 3.63) is 40.6 Å². The number of nitrogens with zero attached hydrogens (tertiary/aromatic N) is 2. The molecule has 0 saturated carbocycles. The summed E-state index contributed by atoms with van der Waals surface area (Å²) in [5.74, 6) is 1.44. The van der Waals surface area contributed by atoms with Gasteiger partial charge in [-0.05, 0) is 25.5 Å². The van der Waals surface area contributed by atoms with E-state index in [4.69, 9.17) is 23.2 Å². The number of rotatable bonds is 5. The van der Waals surface area contributed by atoms with Crippen LogP contribution in [0.3, 0.4) is 0 Å². The van der Waals surface area contributed by atoms with E-state index in [1.165, 1.54) is 6.33 Å². The Balaban J connectivity index is 2.17. The van der Waals surface area contributed by atoms with Crippen LogP contribution in [0.4, 0.5) is 17.3 Å². The minimum Gasteiger partial charge on any atom is -0.367 e. The molecule has 0 amide bonds. The normalized spacial score (nSPS) is 12.0. The zero-order valence-corrected chi connectivity index (χ0v) is 12.8. The lowest BCUT2D eigenvalue weighted by Crippen LogP contribution is -2.14. The first-order valence-corrected chi connectivity index (χ1v) is 7.15. The second-order valence-electron chi connectivity index (χ2n) is 4.47. The van der Waals surface area contributed by atoms with E-state index in [2.05, 4.69) is 34.4 Å². The molecule has 1 unspecified atom stereocenters. The molecule has 2 N–H and O–H groups in total. The van der Waals surface area contributed by atoms with E-state index in [0.29, 0.717) is 27.6 Å². The highest BCUT2D eigenvalue weighted by molar-refractivity contribution is 6.43. The average Bonchev–Trinajstić information content (AvgIpc) is 2.44. The maximum absolute atomic E-state index is 6.14. The summed E-state index contributed by atoms with van der Waals surface area (Å²) < 4.78 is 0. The highest BCUT2D eigenvalue weighted by atomic mass is 35.5. The Labute approximate surface area is 128 Å². The largest absolute Gasteiger partial charge is 0.367 e. The Morgan fingerprint density at radius 1 is 1.20 bits per heavy atom. The molecular formula is C14H16Cl2N4. The van der Waals surface area contributed by atoms with Gasteiger partial charge in [0.25, 0.3) is 0 Å². The van der Waals surface area contributed by atoms with E-state index >= 15 is 0 Å². The molecule has 1 aromatic heterocycles. The molecular weight excluding hydrogens is 295 g/mol. The van der Waals surface area contributed by atoms with Crippen molar-refractivity contribution >= 4 is 40.5 Å². The highest BCUT2D eigenvalue weighted by Crippen LogP contribution is 2.31. The zero-order chi connectivity index (χ0) is 14.5. The summed E-state index contributed by atoms with van der Waals surface area (Å²) in [4.78, 5) is 8.36. The molecule has 0 aliphatic heterocycles. The Morgan fingerprint density at radius 3 is 2.70 bits per heavy atom. The van der Waals surface area contributed by atoms with Crippen molar-refractivity contribution in [3.8, 4) is 0 Å². The Morgan fingerprint density at radius 2 is 1.95 bits per heavy atom. The van der Waals surface area contributed by atoms with Crippen molar-refractivity contribution in [1.29, 1.82) is 0 Å². The van der Waals surface area contributed by atoms with Crippen LogP contribution in [0.25, 0.3) is 0 Å². The molecule has 4 nitrogen and oxygen atoms in total. The number of anilines is 3. The standard InChI is InChI=1S/C14H16Cl2N4/c1-3-9(2)19-12-7-13(18-8-17-12)20-11-6-4-5-10(15)14(11)16/h4-9H,3H2,1-2H3,(H2,17,18,19,20). The first kappa shape index (κ1) is 14.9. The molecule has 0 aliphatic carbocycles. The third-order valence-corrected chi connectivity index (χ3v) is 3.71. The second-order valence-corrected chi connectivity index (χ2v) is 5.25. The molecule has 0 radical (unpaired) electrons. The number of halogens is 2. The van der Waals surface area contributed by atoms with Gasteiger partial charge in [0.2, 0.25) is 0 Å². The molecule has 0 fully saturated rings. The summed E-state index contributed by atoms with van der Waals surface area (Å²) in [6.45, 7) is 4.22. The predicted molar refractivity (Wildman–Crippen MR) is 85.2 cm³/mol. The minimum absolute atomic E-state index is 0.354. The van der Waals surface area contributed by atoms with Crippen LogP contribution in [-0.4, -0.2) is 16.0 Å². The molecule has 0 bridgehead atoms. The van der Waals surface area contributed by atoms with Gasteiger partial charge < -0.3 is 10.6 Å². The van der Waals surface area contributed by atoms with Gasteiger partial charge in [0, 0.05) is 12.1 Å². The van der Waals surface area contributed by atoms with Crippen LogP contribution >= 0.6 is 23.2 Å². The maximum Gasteiger partial charge on any atom is 0.135 e. The van der Waals surface area contributed by atoms with Gasteiger partial charge >= 0.3 is 0 Å². The molecule has 1 aromatic carbocycles. The van der Waals surface area contributed by atoms with Crippen LogP contribution in [0.2, 0.25) is 10.0 Å². The quantitative estimate of drug-likeness (QED) is 0.837. The van der Waals surface area contributed by atoms with Crippen molar-refractivity contribution in [1.82, 2.24) is 9.97 Å². The molecule has 2 rings (SSSR count). The first-order chi connectivity index (χ1) is 9.60. The van der Waals surface area contributed by atoms with Crippen LogP contribution in [0.15, 0.2) is 30.6 Å². The second kappa shape index (κ2) is 6.77. The third-order valence-electron chi connectivity index (χ3n) is 2.89. The Hall–Kier alpha value is -1.52. The number of benzene rings is 1. The summed E-state index contributed by atoms with van der Waals surface area (Å²) in [5.41, 5.74) is 0.715. The van der Waals surface area contributed by atoms with Crippen LogP contribution in [0, 0.1) is 0 Å². The van der Waals surface area contributed by atoms with E-state index in [-0.39, 0.29) is 0 Å². The van der Waals surface area contributed by atoms with Gasteiger partial charge in [-0.2, -0.15) is 0 Å². The van der Waals surface area contributed by atoms with Gasteiger partial charge in [0.1, 0.15) is 18.0 Å². The lowest BCUT2D eigenvalue weighted by atomic mass is 10.2. The molecule has 1 atom stereocenters. The van der Waals surface area contributed by atoms with E-state index in [1.807, 2.05) is 18.2 Å². The summed E-state index contributed by atoms with van der Waals surface area (Å²) in [5, 5.41) is 7.41. The van der Waals surface area contributed by atoms with Gasteiger partial charge in [-0.1, -0.05) is 36.2 Å². The summed E-state index contributed by atoms with van der Waals surface area (Å²) in [7, 11) is 0. The van der Waals surface area contributed by atoms with E-state index in [9.17, 15) is 0 Å². The molecule has 1 heterocycles. The van der Waals surface area contributed by atoms with Crippen LogP contribution in [0.5, 0.6) is 0 Å². The van der Waals surface area contributed by atoms with Crippen molar-refractivity contribution in [2.24, 2.45) is 0 Å². The topological polar surface area (TPSA) is 49.8 Å². The molecule has 20 heavy (non-hydrogen) atoms. The summed E-state index contributed by atoms with van der Waals surface area (Å²) >= 11 is 12.1. The maximum atomic E-state index is 6.14. The van der Waals surface area contributed by atoms with Gasteiger partial charge in [0.15, 0.2) is 0 Å². The molecule has 2 aromatic rings. The SMILES string of the molecule is CCC(C)Nc1cc(Nc2cccc(Cl)c2Cl)ncn1. The van der Waals surface area contributed by atoms with E-state index in [0.717, 1.165) is 12.2 Å². The highest BCUT2D eigenvalue weighted by Gasteiger charge is 2.06. The minimum atomic E-state index is 0.354. The van der Waals surface area contributed by atoms with Crippen molar-refractivity contribution < 1.29 is 0 Å². The smallest absolute Gasteiger partial charge is 0.135 e. The van der Waals surface area contributed by atoms with Gasteiger partial charge in [-0.3, -0.25) is 0 Å². The van der Waals surface area contributed by atoms with Crippen LogP contribution in [0.1, 0.15) is 20.3 Å². The van der Waals surface area contributed by atoms with Crippen molar-refractivity contribution in [2.75, 3.05) is 10.6 Å². The Bertz CT molecular complexity index is 589. The fraction of sp³-hybridized carbons (Fsp3) is 0.286. The van der Waals surface area contributed by atoms with Crippen molar-refractivity contribution in [3.63, 3.8) is 0 Å². The van der Waals surface area contributed by atoms with Gasteiger partial charge in [-0.15, -0.1) is 0 Å². The molecule has 106 valence electrons. The number of aromatic nitrogens is 2. The van der Waals surface area contributed by atoms with Gasteiger partial charge in [0.05, 0.1) is 15.7 Å². The third kappa shape index (κ3) is 3.74. The Kier molecular flexibility index (Phi) is 5.04.